The Morgan fingerprint density at radius 1 is 1.53 bits per heavy atom. The maximum atomic E-state index is 11.8. The van der Waals surface area contributed by atoms with Crippen LogP contribution in [0.15, 0.2) is 16.9 Å². The summed E-state index contributed by atoms with van der Waals surface area (Å²) in [5.41, 5.74) is -0.115. The molecule has 0 spiro atoms. The number of hydrogen-bond donors (Lipinski definition) is 2. The molecule has 17 heavy (non-hydrogen) atoms. The summed E-state index contributed by atoms with van der Waals surface area (Å²) in [5.74, 6) is -0.273. The van der Waals surface area contributed by atoms with Crippen molar-refractivity contribution in [2.24, 2.45) is 13.0 Å². The molecule has 6 heteroatoms. The Balaban J connectivity index is 2.82. The van der Waals surface area contributed by atoms with Crippen molar-refractivity contribution in [3.8, 4) is 0 Å². The Kier molecular flexibility index (Phi) is 4.39. The average Bonchev–Trinajstić information content (AvgIpc) is 2.28. The number of amides is 1. The van der Waals surface area contributed by atoms with Crippen LogP contribution in [0.25, 0.3) is 0 Å². The minimum absolute atomic E-state index is 0.122. The molecule has 0 saturated heterocycles. The van der Waals surface area contributed by atoms with E-state index in [2.05, 4.69) is 10.4 Å². The van der Waals surface area contributed by atoms with Crippen LogP contribution in [0.3, 0.4) is 0 Å². The second kappa shape index (κ2) is 5.58. The molecule has 0 fully saturated rings. The Labute approximate surface area is 99.3 Å². The number of aliphatic hydroxyl groups excluding tert-OH is 1. The number of aryl methyl sites for hydroxylation is 1. The maximum absolute atomic E-state index is 11.8. The van der Waals surface area contributed by atoms with Crippen molar-refractivity contribution >= 4 is 5.91 Å². The first-order valence-corrected chi connectivity index (χ1v) is 5.41. The van der Waals surface area contributed by atoms with Gasteiger partial charge in [-0.25, -0.2) is 4.68 Å². The number of aliphatic hydroxyl groups is 1. The largest absolute Gasteiger partial charge is 0.394 e. The first-order chi connectivity index (χ1) is 7.95. The number of nitrogens with one attached hydrogen (secondary N) is 1. The van der Waals surface area contributed by atoms with Gasteiger partial charge in [-0.1, -0.05) is 13.8 Å². The van der Waals surface area contributed by atoms with E-state index < -0.39 is 5.91 Å². The number of carbonyl (C=O) groups excluding carboxylic acids is 1. The van der Waals surface area contributed by atoms with Gasteiger partial charge in [0.15, 0.2) is 0 Å². The molecule has 0 unspecified atom stereocenters. The van der Waals surface area contributed by atoms with Crippen molar-refractivity contribution < 1.29 is 9.90 Å². The van der Waals surface area contributed by atoms with Gasteiger partial charge in [-0.15, -0.1) is 0 Å². The van der Waals surface area contributed by atoms with Gasteiger partial charge >= 0.3 is 0 Å². The van der Waals surface area contributed by atoms with Crippen molar-refractivity contribution in [2.45, 2.75) is 19.9 Å². The second-order valence-electron chi connectivity index (χ2n) is 4.19. The number of aromatic nitrogens is 2. The molecule has 0 bridgehead atoms. The highest BCUT2D eigenvalue weighted by Gasteiger charge is 2.17. The van der Waals surface area contributed by atoms with Crippen molar-refractivity contribution in [2.75, 3.05) is 6.61 Å². The third-order valence-corrected chi connectivity index (χ3v) is 2.51. The zero-order valence-electron chi connectivity index (χ0n) is 10.2. The van der Waals surface area contributed by atoms with Gasteiger partial charge in [-0.3, -0.25) is 9.59 Å². The summed E-state index contributed by atoms with van der Waals surface area (Å²) in [7, 11) is 1.48. The molecular formula is C11H17N3O3. The second-order valence-corrected chi connectivity index (χ2v) is 4.19. The lowest BCUT2D eigenvalue weighted by atomic mass is 10.1. The zero-order valence-corrected chi connectivity index (χ0v) is 10.2. The van der Waals surface area contributed by atoms with Crippen LogP contribution in [0.1, 0.15) is 24.3 Å². The molecule has 1 rings (SSSR count). The van der Waals surface area contributed by atoms with E-state index in [1.165, 1.54) is 19.2 Å². The van der Waals surface area contributed by atoms with Crippen molar-refractivity contribution in [1.82, 2.24) is 15.1 Å². The van der Waals surface area contributed by atoms with Gasteiger partial charge in [0.25, 0.3) is 11.5 Å². The molecule has 0 aromatic carbocycles. The lowest BCUT2D eigenvalue weighted by Crippen LogP contribution is -2.42. The number of hydrogen-bond acceptors (Lipinski definition) is 4. The van der Waals surface area contributed by atoms with Gasteiger partial charge in [-0.2, -0.15) is 5.10 Å². The quantitative estimate of drug-likeness (QED) is 0.743. The van der Waals surface area contributed by atoms with E-state index in [-0.39, 0.29) is 29.8 Å². The SMILES string of the molecule is CC(C)[C@@H](CO)NC(=O)c1ccc(=O)n(C)n1. The molecule has 1 aromatic rings. The standard InChI is InChI=1S/C11H17N3O3/c1-7(2)9(6-15)12-11(17)8-4-5-10(16)14(3)13-8/h4-5,7,9,15H,6H2,1-3H3,(H,12,17)/t9-/m1/s1. The molecule has 0 saturated carbocycles. The van der Waals surface area contributed by atoms with Crippen LogP contribution >= 0.6 is 0 Å². The number of carbonyl (C=O) groups is 1. The van der Waals surface area contributed by atoms with Crippen LogP contribution in [0.4, 0.5) is 0 Å². The van der Waals surface area contributed by atoms with E-state index in [1.54, 1.807) is 0 Å². The topological polar surface area (TPSA) is 84.2 Å². The molecule has 1 amide bonds. The predicted octanol–water partition coefficient (Wildman–Crippen LogP) is -0.473. The van der Waals surface area contributed by atoms with Gasteiger partial charge < -0.3 is 10.4 Å². The molecule has 0 radical (unpaired) electrons. The van der Waals surface area contributed by atoms with Crippen LogP contribution in [0.5, 0.6) is 0 Å². The summed E-state index contributed by atoms with van der Waals surface area (Å²) in [4.78, 5) is 22.9. The lowest BCUT2D eigenvalue weighted by molar-refractivity contribution is 0.0889. The fourth-order valence-corrected chi connectivity index (χ4v) is 1.29. The molecule has 0 aliphatic carbocycles. The van der Waals surface area contributed by atoms with Crippen LogP contribution in [-0.2, 0) is 7.05 Å². The minimum atomic E-state index is -0.395. The highest BCUT2D eigenvalue weighted by molar-refractivity contribution is 5.92. The summed E-state index contributed by atoms with van der Waals surface area (Å²) >= 11 is 0. The van der Waals surface area contributed by atoms with Gasteiger partial charge in [-0.05, 0) is 12.0 Å². The highest BCUT2D eigenvalue weighted by Crippen LogP contribution is 2.01. The molecule has 6 nitrogen and oxygen atoms in total. The Bertz CT molecular complexity index is 454. The predicted molar refractivity (Wildman–Crippen MR) is 62.7 cm³/mol. The number of nitrogens with zero attached hydrogens (tertiary/aromatic N) is 2. The highest BCUT2D eigenvalue weighted by atomic mass is 16.3. The summed E-state index contributed by atoms with van der Waals surface area (Å²) < 4.78 is 1.10. The minimum Gasteiger partial charge on any atom is -0.394 e. The Morgan fingerprint density at radius 2 is 2.18 bits per heavy atom. The fourth-order valence-electron chi connectivity index (χ4n) is 1.29. The summed E-state index contributed by atoms with van der Waals surface area (Å²) in [6, 6.07) is 2.33. The number of rotatable bonds is 4. The van der Waals surface area contributed by atoms with Crippen LogP contribution < -0.4 is 10.9 Å². The first kappa shape index (κ1) is 13.4. The Hall–Kier alpha value is -1.69. The molecular weight excluding hydrogens is 222 g/mol. The van der Waals surface area contributed by atoms with Gasteiger partial charge in [0.2, 0.25) is 0 Å². The van der Waals surface area contributed by atoms with Crippen molar-refractivity contribution in [3.05, 3.63) is 28.2 Å². The van der Waals surface area contributed by atoms with Gasteiger partial charge in [0.05, 0.1) is 12.6 Å². The van der Waals surface area contributed by atoms with E-state index in [9.17, 15) is 9.59 Å². The summed E-state index contributed by atoms with van der Waals surface area (Å²) in [6.45, 7) is 3.67. The van der Waals surface area contributed by atoms with Crippen LogP contribution in [-0.4, -0.2) is 33.4 Å². The van der Waals surface area contributed by atoms with E-state index in [0.717, 1.165) is 4.68 Å². The van der Waals surface area contributed by atoms with Crippen LogP contribution in [0, 0.1) is 5.92 Å². The molecule has 1 atom stereocenters. The van der Waals surface area contributed by atoms with E-state index in [1.807, 2.05) is 13.8 Å². The molecule has 94 valence electrons. The van der Waals surface area contributed by atoms with Crippen molar-refractivity contribution in [3.63, 3.8) is 0 Å². The third kappa shape index (κ3) is 3.39. The normalized spacial score (nSPS) is 12.5. The molecule has 0 aliphatic heterocycles. The lowest BCUT2D eigenvalue weighted by Gasteiger charge is -2.19. The van der Waals surface area contributed by atoms with Gasteiger partial charge in [0.1, 0.15) is 5.69 Å². The van der Waals surface area contributed by atoms with E-state index in [0.29, 0.717) is 0 Å². The zero-order chi connectivity index (χ0) is 13.0. The summed E-state index contributed by atoms with van der Waals surface area (Å²) in [6.07, 6.45) is 0. The smallest absolute Gasteiger partial charge is 0.272 e. The average molecular weight is 239 g/mol. The maximum Gasteiger partial charge on any atom is 0.272 e. The molecule has 1 aromatic heterocycles. The van der Waals surface area contributed by atoms with E-state index in [4.69, 9.17) is 5.11 Å². The molecule has 2 N–H and O–H groups in total. The van der Waals surface area contributed by atoms with E-state index >= 15 is 0 Å². The monoisotopic (exact) mass is 239 g/mol. The Morgan fingerprint density at radius 3 is 2.65 bits per heavy atom. The van der Waals surface area contributed by atoms with Gasteiger partial charge in [0, 0.05) is 13.1 Å². The third-order valence-electron chi connectivity index (χ3n) is 2.51. The van der Waals surface area contributed by atoms with Crippen molar-refractivity contribution in [1.29, 1.82) is 0 Å². The molecule has 0 aliphatic rings. The molecule has 1 heterocycles. The first-order valence-electron chi connectivity index (χ1n) is 5.41. The fraction of sp³-hybridized carbons (Fsp3) is 0.545. The summed E-state index contributed by atoms with van der Waals surface area (Å²) in [5, 5.41) is 15.6. The van der Waals surface area contributed by atoms with Crippen LogP contribution in [0.2, 0.25) is 0 Å².